The summed E-state index contributed by atoms with van der Waals surface area (Å²) >= 11 is 0. The van der Waals surface area contributed by atoms with E-state index in [1.165, 1.54) is 12.1 Å². The molecule has 190 valence electrons. The highest BCUT2D eigenvalue weighted by Gasteiger charge is 2.25. The molecule has 0 bridgehead atoms. The van der Waals surface area contributed by atoms with Crippen molar-refractivity contribution < 1.29 is 22.1 Å². The van der Waals surface area contributed by atoms with Crippen LogP contribution in [-0.4, -0.2) is 20.4 Å². The molecule has 4 aromatic carbocycles. The van der Waals surface area contributed by atoms with Gasteiger partial charge in [-0.3, -0.25) is 4.79 Å². The van der Waals surface area contributed by atoms with Crippen LogP contribution in [0.5, 0.6) is 5.75 Å². The number of esters is 1. The SMILES string of the molecule is NC(Cc1ccccc1)C(CC(=O)OCc1ccccc1)c1ccc(OS(=O)(=O)c2ccccc2)cc1. The van der Waals surface area contributed by atoms with Crippen molar-refractivity contribution >= 4 is 16.1 Å². The van der Waals surface area contributed by atoms with Gasteiger partial charge in [-0.25, -0.2) is 0 Å². The summed E-state index contributed by atoms with van der Waals surface area (Å²) in [5, 5.41) is 0. The molecule has 4 aromatic rings. The van der Waals surface area contributed by atoms with Gasteiger partial charge in [0, 0.05) is 12.0 Å². The average molecular weight is 516 g/mol. The van der Waals surface area contributed by atoms with Gasteiger partial charge in [-0.05, 0) is 47.4 Å². The van der Waals surface area contributed by atoms with E-state index in [9.17, 15) is 13.2 Å². The van der Waals surface area contributed by atoms with Gasteiger partial charge in [0.15, 0.2) is 0 Å². The van der Waals surface area contributed by atoms with Crippen LogP contribution in [0, 0.1) is 0 Å². The largest absolute Gasteiger partial charge is 0.461 e. The summed E-state index contributed by atoms with van der Waals surface area (Å²) in [6.07, 6.45) is 0.654. The molecule has 0 amide bonds. The van der Waals surface area contributed by atoms with Crippen LogP contribution in [0.4, 0.5) is 0 Å². The molecule has 0 aromatic heterocycles. The van der Waals surface area contributed by atoms with Crippen molar-refractivity contribution in [2.75, 3.05) is 0 Å². The second-order valence-corrected chi connectivity index (χ2v) is 10.3. The van der Waals surface area contributed by atoms with E-state index >= 15 is 0 Å². The van der Waals surface area contributed by atoms with Crippen molar-refractivity contribution in [2.24, 2.45) is 5.73 Å². The third kappa shape index (κ3) is 7.52. The van der Waals surface area contributed by atoms with Gasteiger partial charge in [0.05, 0.1) is 6.42 Å². The standard InChI is InChI=1S/C30H29NO5S/c31-29(20-23-10-4-1-5-11-23)28(21-30(32)35-22-24-12-6-2-7-13-24)25-16-18-26(19-17-25)36-37(33,34)27-14-8-3-9-15-27/h1-19,28-29H,20-22,31H2. The molecule has 2 unspecified atom stereocenters. The average Bonchev–Trinajstić information content (AvgIpc) is 2.92. The second-order valence-electron chi connectivity index (χ2n) is 8.73. The summed E-state index contributed by atoms with van der Waals surface area (Å²) < 4.78 is 35.9. The van der Waals surface area contributed by atoms with Crippen molar-refractivity contribution in [1.29, 1.82) is 0 Å². The summed E-state index contributed by atoms with van der Waals surface area (Å²) in [5.41, 5.74) is 9.38. The number of benzene rings is 4. The van der Waals surface area contributed by atoms with Crippen LogP contribution in [0.2, 0.25) is 0 Å². The van der Waals surface area contributed by atoms with Gasteiger partial charge in [-0.15, -0.1) is 0 Å². The molecule has 0 saturated carbocycles. The molecule has 0 fully saturated rings. The van der Waals surface area contributed by atoms with Crippen molar-refractivity contribution in [2.45, 2.75) is 36.3 Å². The Morgan fingerprint density at radius 2 is 1.27 bits per heavy atom. The minimum Gasteiger partial charge on any atom is -0.461 e. The van der Waals surface area contributed by atoms with E-state index in [4.69, 9.17) is 14.7 Å². The first kappa shape index (κ1) is 26.1. The molecule has 2 atom stereocenters. The van der Waals surface area contributed by atoms with E-state index in [1.54, 1.807) is 42.5 Å². The smallest absolute Gasteiger partial charge is 0.339 e. The lowest BCUT2D eigenvalue weighted by atomic mass is 9.85. The lowest BCUT2D eigenvalue weighted by Crippen LogP contribution is -2.32. The third-order valence-corrected chi connectivity index (χ3v) is 7.27. The molecule has 0 aliphatic rings. The van der Waals surface area contributed by atoms with Crippen LogP contribution in [0.3, 0.4) is 0 Å². The minimum atomic E-state index is -3.95. The number of ether oxygens (including phenoxy) is 1. The molecule has 0 saturated heterocycles. The van der Waals surface area contributed by atoms with E-state index in [0.29, 0.717) is 6.42 Å². The Morgan fingerprint density at radius 3 is 1.86 bits per heavy atom. The molecule has 4 rings (SSSR count). The Bertz CT molecular complexity index is 1380. The normalized spacial score (nSPS) is 12.9. The maximum Gasteiger partial charge on any atom is 0.339 e. The zero-order valence-electron chi connectivity index (χ0n) is 20.3. The zero-order valence-corrected chi connectivity index (χ0v) is 21.1. The van der Waals surface area contributed by atoms with Gasteiger partial charge in [-0.1, -0.05) is 91.0 Å². The summed E-state index contributed by atoms with van der Waals surface area (Å²) in [6, 6.07) is 33.5. The second kappa shape index (κ2) is 12.3. The molecule has 0 radical (unpaired) electrons. The predicted molar refractivity (Wildman–Crippen MR) is 142 cm³/mol. The van der Waals surface area contributed by atoms with E-state index in [0.717, 1.165) is 16.7 Å². The Balaban J connectivity index is 1.49. The summed E-state index contributed by atoms with van der Waals surface area (Å²) in [4.78, 5) is 12.9. The highest BCUT2D eigenvalue weighted by Crippen LogP contribution is 2.28. The van der Waals surface area contributed by atoms with E-state index in [2.05, 4.69) is 0 Å². The molecule has 0 aliphatic heterocycles. The zero-order chi connectivity index (χ0) is 26.1. The summed E-state index contributed by atoms with van der Waals surface area (Å²) in [6.45, 7) is 0.185. The molecule has 6 nitrogen and oxygen atoms in total. The van der Waals surface area contributed by atoms with Gasteiger partial charge in [0.1, 0.15) is 17.3 Å². The molecule has 7 heteroatoms. The van der Waals surface area contributed by atoms with E-state index in [-0.39, 0.29) is 41.6 Å². The van der Waals surface area contributed by atoms with Crippen molar-refractivity contribution in [3.63, 3.8) is 0 Å². The first-order valence-corrected chi connectivity index (χ1v) is 13.4. The van der Waals surface area contributed by atoms with Crippen molar-refractivity contribution in [3.8, 4) is 5.75 Å². The van der Waals surface area contributed by atoms with Crippen LogP contribution < -0.4 is 9.92 Å². The fourth-order valence-electron chi connectivity index (χ4n) is 4.05. The van der Waals surface area contributed by atoms with Gasteiger partial charge in [-0.2, -0.15) is 8.42 Å². The quantitative estimate of drug-likeness (QED) is 0.217. The number of carbonyl (C=O) groups is 1. The number of nitrogens with two attached hydrogens (primary N) is 1. The number of hydrogen-bond acceptors (Lipinski definition) is 6. The monoisotopic (exact) mass is 515 g/mol. The lowest BCUT2D eigenvalue weighted by molar-refractivity contribution is -0.145. The lowest BCUT2D eigenvalue weighted by Gasteiger charge is -2.24. The van der Waals surface area contributed by atoms with Crippen LogP contribution in [-0.2, 0) is 32.7 Å². The fourth-order valence-corrected chi connectivity index (χ4v) is 5.01. The Labute approximate surface area is 217 Å². The predicted octanol–water partition coefficient (Wildman–Crippen LogP) is 5.24. The molecule has 2 N–H and O–H groups in total. The fraction of sp³-hybridized carbons (Fsp3) is 0.167. The van der Waals surface area contributed by atoms with E-state index < -0.39 is 10.1 Å². The van der Waals surface area contributed by atoms with Gasteiger partial charge in [0.2, 0.25) is 0 Å². The maximum atomic E-state index is 12.8. The highest BCUT2D eigenvalue weighted by atomic mass is 32.2. The van der Waals surface area contributed by atoms with Crippen LogP contribution in [0.1, 0.15) is 29.0 Å². The molecular formula is C30H29NO5S. The summed E-state index contributed by atoms with van der Waals surface area (Å²) in [5.74, 6) is -0.526. The first-order valence-electron chi connectivity index (χ1n) is 12.0. The molecule has 37 heavy (non-hydrogen) atoms. The van der Waals surface area contributed by atoms with Crippen molar-refractivity contribution in [3.05, 3.63) is 132 Å². The highest BCUT2D eigenvalue weighted by molar-refractivity contribution is 7.87. The molecule has 0 aliphatic carbocycles. The van der Waals surface area contributed by atoms with Crippen LogP contribution in [0.15, 0.2) is 120 Å². The maximum absolute atomic E-state index is 12.8. The van der Waals surface area contributed by atoms with Crippen LogP contribution in [0.25, 0.3) is 0 Å². The number of carbonyl (C=O) groups excluding carboxylic acids is 1. The Hall–Kier alpha value is -3.94. The number of hydrogen-bond donors (Lipinski definition) is 1. The van der Waals surface area contributed by atoms with Gasteiger partial charge < -0.3 is 14.7 Å². The van der Waals surface area contributed by atoms with Gasteiger partial charge >= 0.3 is 16.1 Å². The van der Waals surface area contributed by atoms with Gasteiger partial charge in [0.25, 0.3) is 0 Å². The van der Waals surface area contributed by atoms with E-state index in [1.807, 2.05) is 60.7 Å². The van der Waals surface area contributed by atoms with Crippen molar-refractivity contribution in [1.82, 2.24) is 0 Å². The minimum absolute atomic E-state index is 0.0722. The Kier molecular flexibility index (Phi) is 8.72. The third-order valence-electron chi connectivity index (χ3n) is 6.01. The first-order chi connectivity index (χ1) is 17.9. The Morgan fingerprint density at radius 1 is 0.730 bits per heavy atom. The topological polar surface area (TPSA) is 95.7 Å². The summed E-state index contributed by atoms with van der Waals surface area (Å²) in [7, 11) is -3.95. The molecule has 0 heterocycles. The number of rotatable bonds is 11. The molecule has 0 spiro atoms. The molecular weight excluding hydrogens is 486 g/mol. The van der Waals surface area contributed by atoms with Crippen LogP contribution >= 0.6 is 0 Å².